The van der Waals surface area contributed by atoms with Gasteiger partial charge in [-0.3, -0.25) is 14.5 Å². The van der Waals surface area contributed by atoms with E-state index in [4.69, 9.17) is 22.7 Å². The Morgan fingerprint density at radius 3 is 2.62 bits per heavy atom. The lowest BCUT2D eigenvalue weighted by Crippen LogP contribution is -2.27. The van der Waals surface area contributed by atoms with Gasteiger partial charge in [0.05, 0.1) is 24.1 Å². The quantitative estimate of drug-likeness (QED) is 0.420. The first kappa shape index (κ1) is 22.1. The van der Waals surface area contributed by atoms with Gasteiger partial charge in [-0.15, -0.1) is 0 Å². The lowest BCUT2D eigenvalue weighted by molar-refractivity contribution is -0.122. The van der Waals surface area contributed by atoms with Crippen LogP contribution in [0.1, 0.15) is 23.6 Å². The molecule has 8 heteroatoms. The van der Waals surface area contributed by atoms with Gasteiger partial charge in [-0.25, -0.2) is 0 Å². The summed E-state index contributed by atoms with van der Waals surface area (Å²) in [6, 6.07) is 13.6. The second-order valence-corrected chi connectivity index (χ2v) is 9.14. The minimum absolute atomic E-state index is 0.0831. The molecule has 1 fully saturated rings. The molecule has 0 aliphatic carbocycles. The lowest BCUT2D eigenvalue weighted by Gasteiger charge is -2.14. The largest absolute Gasteiger partial charge is 0.497 e. The third kappa shape index (κ3) is 4.28. The van der Waals surface area contributed by atoms with Crippen molar-refractivity contribution in [2.45, 2.75) is 26.4 Å². The van der Waals surface area contributed by atoms with Gasteiger partial charge in [-0.1, -0.05) is 61.2 Å². The van der Waals surface area contributed by atoms with Crippen molar-refractivity contribution in [2.24, 2.45) is 5.73 Å². The molecule has 0 saturated carbocycles. The van der Waals surface area contributed by atoms with Crippen LogP contribution >= 0.6 is 24.0 Å². The molecule has 0 unspecified atom stereocenters. The van der Waals surface area contributed by atoms with Crippen LogP contribution in [0.3, 0.4) is 0 Å². The number of aromatic nitrogens is 1. The SMILES string of the molecule is CCc1cccc2c(/C=C3\SC(=S)N(Cc4ccc(OC)cc4)C3=O)cn(CC(N)=O)c12. The predicted molar refractivity (Wildman–Crippen MR) is 132 cm³/mol. The van der Waals surface area contributed by atoms with Crippen LogP contribution in [-0.4, -0.2) is 32.7 Å². The minimum Gasteiger partial charge on any atom is -0.497 e. The molecule has 0 atom stereocenters. The average molecular weight is 466 g/mol. The standard InChI is InChI=1S/C24H23N3O3S2/c1-3-16-5-4-6-19-17(13-26(22(16)19)14-21(25)28)11-20-23(29)27(24(31)32-20)12-15-7-9-18(30-2)10-8-15/h4-11,13H,3,12,14H2,1-2H3,(H2,25,28)/b20-11-. The topological polar surface area (TPSA) is 77.6 Å². The zero-order chi connectivity index (χ0) is 22.8. The molecule has 1 saturated heterocycles. The van der Waals surface area contributed by atoms with E-state index in [9.17, 15) is 9.59 Å². The average Bonchev–Trinajstić information content (AvgIpc) is 3.25. The molecule has 0 radical (unpaired) electrons. The molecule has 0 bridgehead atoms. The Labute approximate surface area is 196 Å². The van der Waals surface area contributed by atoms with Crippen LogP contribution in [0.15, 0.2) is 53.6 Å². The Hall–Kier alpha value is -3.10. The van der Waals surface area contributed by atoms with Gasteiger partial charge in [0, 0.05) is 17.1 Å². The van der Waals surface area contributed by atoms with Crippen LogP contribution in [-0.2, 0) is 29.1 Å². The molecular formula is C24H23N3O3S2. The van der Waals surface area contributed by atoms with E-state index < -0.39 is 5.91 Å². The molecule has 164 valence electrons. The fraction of sp³-hybridized carbons (Fsp3) is 0.208. The van der Waals surface area contributed by atoms with Crippen molar-refractivity contribution in [3.05, 3.63) is 70.3 Å². The molecule has 1 aromatic heterocycles. The number of carbonyl (C=O) groups is 2. The minimum atomic E-state index is -0.412. The predicted octanol–water partition coefficient (Wildman–Crippen LogP) is 4.10. The van der Waals surface area contributed by atoms with E-state index in [1.54, 1.807) is 12.0 Å². The Bertz CT molecular complexity index is 1250. The normalized spacial score (nSPS) is 15.2. The van der Waals surface area contributed by atoms with E-state index in [-0.39, 0.29) is 12.5 Å². The van der Waals surface area contributed by atoms with E-state index in [2.05, 4.69) is 6.92 Å². The van der Waals surface area contributed by atoms with Gasteiger partial charge in [0.2, 0.25) is 5.91 Å². The monoisotopic (exact) mass is 465 g/mol. The van der Waals surface area contributed by atoms with Gasteiger partial charge >= 0.3 is 0 Å². The molecule has 2 heterocycles. The summed E-state index contributed by atoms with van der Waals surface area (Å²) >= 11 is 6.78. The Balaban J connectivity index is 1.67. The van der Waals surface area contributed by atoms with Gasteiger partial charge in [0.25, 0.3) is 5.91 Å². The molecular weight excluding hydrogens is 442 g/mol. The summed E-state index contributed by atoms with van der Waals surface area (Å²) in [7, 11) is 1.62. The second kappa shape index (κ2) is 9.18. The van der Waals surface area contributed by atoms with Gasteiger partial charge < -0.3 is 15.0 Å². The molecule has 2 amide bonds. The van der Waals surface area contributed by atoms with E-state index in [0.29, 0.717) is 15.8 Å². The number of aryl methyl sites for hydroxylation is 1. The summed E-state index contributed by atoms with van der Waals surface area (Å²) in [5, 5.41) is 0.978. The number of benzene rings is 2. The number of methoxy groups -OCH3 is 1. The van der Waals surface area contributed by atoms with Crippen molar-refractivity contribution >= 4 is 57.1 Å². The number of hydrogen-bond acceptors (Lipinski definition) is 5. The molecule has 2 aromatic carbocycles. The maximum absolute atomic E-state index is 13.1. The number of para-hydroxylation sites is 1. The first-order valence-corrected chi connectivity index (χ1v) is 11.4. The van der Waals surface area contributed by atoms with Crippen LogP contribution in [0.4, 0.5) is 0 Å². The highest BCUT2D eigenvalue weighted by molar-refractivity contribution is 8.26. The number of fused-ring (bicyclic) bond motifs is 1. The highest BCUT2D eigenvalue weighted by Crippen LogP contribution is 2.36. The van der Waals surface area contributed by atoms with Crippen LogP contribution < -0.4 is 10.5 Å². The smallest absolute Gasteiger partial charge is 0.266 e. The van der Waals surface area contributed by atoms with Crippen molar-refractivity contribution in [1.29, 1.82) is 0 Å². The maximum atomic E-state index is 13.1. The van der Waals surface area contributed by atoms with Gasteiger partial charge in [-0.2, -0.15) is 0 Å². The lowest BCUT2D eigenvalue weighted by atomic mass is 10.1. The van der Waals surface area contributed by atoms with E-state index >= 15 is 0 Å². The summed E-state index contributed by atoms with van der Waals surface area (Å²) in [5.41, 5.74) is 9.38. The number of nitrogens with two attached hydrogens (primary N) is 1. The molecule has 2 N–H and O–H groups in total. The third-order valence-corrected chi connectivity index (χ3v) is 6.76. The zero-order valence-corrected chi connectivity index (χ0v) is 19.5. The van der Waals surface area contributed by atoms with Crippen molar-refractivity contribution in [1.82, 2.24) is 9.47 Å². The number of nitrogens with zero attached hydrogens (tertiary/aromatic N) is 2. The van der Waals surface area contributed by atoms with E-state index in [0.717, 1.165) is 39.8 Å². The fourth-order valence-corrected chi connectivity index (χ4v) is 5.10. The summed E-state index contributed by atoms with van der Waals surface area (Å²) in [4.78, 5) is 26.9. The zero-order valence-electron chi connectivity index (χ0n) is 17.8. The number of amides is 2. The van der Waals surface area contributed by atoms with Crippen LogP contribution in [0.5, 0.6) is 5.75 Å². The fourth-order valence-electron chi connectivity index (χ4n) is 3.85. The first-order valence-electron chi connectivity index (χ1n) is 10.2. The number of rotatable bonds is 7. The molecule has 1 aliphatic heterocycles. The Morgan fingerprint density at radius 1 is 1.22 bits per heavy atom. The van der Waals surface area contributed by atoms with Crippen LogP contribution in [0.25, 0.3) is 17.0 Å². The number of hydrogen-bond donors (Lipinski definition) is 1. The van der Waals surface area contributed by atoms with Crippen molar-refractivity contribution in [3.63, 3.8) is 0 Å². The Kier molecular flexibility index (Phi) is 6.34. The number of thioether (sulfide) groups is 1. The Morgan fingerprint density at radius 2 is 1.97 bits per heavy atom. The van der Waals surface area contributed by atoms with Gasteiger partial charge in [0.15, 0.2) is 0 Å². The summed E-state index contributed by atoms with van der Waals surface area (Å²) in [6.07, 6.45) is 4.56. The molecule has 6 nitrogen and oxygen atoms in total. The third-order valence-electron chi connectivity index (χ3n) is 5.38. The molecule has 3 aromatic rings. The highest BCUT2D eigenvalue weighted by atomic mass is 32.2. The van der Waals surface area contributed by atoms with Gasteiger partial charge in [0.1, 0.15) is 16.6 Å². The first-order chi connectivity index (χ1) is 15.4. The number of carbonyl (C=O) groups excluding carboxylic acids is 2. The van der Waals surface area contributed by atoms with Crippen molar-refractivity contribution in [2.75, 3.05) is 7.11 Å². The highest BCUT2D eigenvalue weighted by Gasteiger charge is 2.32. The van der Waals surface area contributed by atoms with Crippen LogP contribution in [0, 0.1) is 0 Å². The molecule has 32 heavy (non-hydrogen) atoms. The second-order valence-electron chi connectivity index (χ2n) is 7.46. The number of ether oxygens (including phenoxy) is 1. The maximum Gasteiger partial charge on any atom is 0.266 e. The summed E-state index contributed by atoms with van der Waals surface area (Å²) < 4.78 is 7.57. The number of primary amides is 1. The van der Waals surface area contributed by atoms with Gasteiger partial charge in [-0.05, 0) is 35.8 Å². The molecule has 4 rings (SSSR count). The summed E-state index contributed by atoms with van der Waals surface area (Å²) in [5.74, 6) is 0.223. The molecule has 0 spiro atoms. The van der Waals surface area contributed by atoms with Crippen molar-refractivity contribution in [3.8, 4) is 5.75 Å². The van der Waals surface area contributed by atoms with E-state index in [1.807, 2.05) is 59.3 Å². The van der Waals surface area contributed by atoms with Crippen molar-refractivity contribution < 1.29 is 14.3 Å². The van der Waals surface area contributed by atoms with E-state index in [1.165, 1.54) is 11.8 Å². The van der Waals surface area contributed by atoms with Crippen LogP contribution in [0.2, 0.25) is 0 Å². The summed E-state index contributed by atoms with van der Waals surface area (Å²) in [6.45, 7) is 2.55. The molecule has 1 aliphatic rings. The number of thiocarbonyl (C=S) groups is 1.